The van der Waals surface area contributed by atoms with Crippen LogP contribution in [0.5, 0.6) is 0 Å². The summed E-state index contributed by atoms with van der Waals surface area (Å²) in [6, 6.07) is 9.18. The Morgan fingerprint density at radius 2 is 1.82 bits per heavy atom. The Hall–Kier alpha value is -1.73. The lowest BCUT2D eigenvalue weighted by atomic mass is 10.2. The Bertz CT molecular complexity index is 604. The van der Waals surface area contributed by atoms with Gasteiger partial charge in [-0.3, -0.25) is 0 Å². The molecule has 17 heavy (non-hydrogen) atoms. The van der Waals surface area contributed by atoms with Gasteiger partial charge in [0.15, 0.2) is 5.82 Å². The SMILES string of the molecule is CN(C)S(=O)(=O)c1nc(-c2ccccc2)n[nH]1. The van der Waals surface area contributed by atoms with Gasteiger partial charge in [-0.05, 0) is 0 Å². The van der Waals surface area contributed by atoms with Crippen LogP contribution < -0.4 is 0 Å². The van der Waals surface area contributed by atoms with Crippen molar-refractivity contribution in [3.8, 4) is 11.4 Å². The summed E-state index contributed by atoms with van der Waals surface area (Å²) in [6.45, 7) is 0. The van der Waals surface area contributed by atoms with Crippen LogP contribution >= 0.6 is 0 Å². The molecule has 2 aromatic rings. The highest BCUT2D eigenvalue weighted by molar-refractivity contribution is 7.88. The van der Waals surface area contributed by atoms with Crippen LogP contribution in [-0.2, 0) is 10.0 Å². The van der Waals surface area contributed by atoms with Crippen LogP contribution in [0.1, 0.15) is 0 Å². The number of aromatic amines is 1. The van der Waals surface area contributed by atoms with Crippen molar-refractivity contribution in [1.29, 1.82) is 0 Å². The van der Waals surface area contributed by atoms with Gasteiger partial charge in [0.25, 0.3) is 15.2 Å². The number of sulfonamides is 1. The molecule has 0 unspecified atom stereocenters. The minimum atomic E-state index is -3.56. The zero-order chi connectivity index (χ0) is 12.5. The van der Waals surface area contributed by atoms with E-state index in [1.807, 2.05) is 30.3 Å². The minimum Gasteiger partial charge on any atom is -0.248 e. The van der Waals surface area contributed by atoms with Crippen molar-refractivity contribution in [2.24, 2.45) is 0 Å². The molecule has 1 N–H and O–H groups in total. The molecule has 1 aromatic carbocycles. The van der Waals surface area contributed by atoms with Crippen LogP contribution in [0.25, 0.3) is 11.4 Å². The Kier molecular flexibility index (Phi) is 2.95. The maximum absolute atomic E-state index is 11.8. The molecule has 0 aliphatic heterocycles. The van der Waals surface area contributed by atoms with Crippen molar-refractivity contribution < 1.29 is 8.42 Å². The Labute approximate surface area is 99.4 Å². The summed E-state index contributed by atoms with van der Waals surface area (Å²) in [6.07, 6.45) is 0. The van der Waals surface area contributed by atoms with E-state index in [-0.39, 0.29) is 5.16 Å². The molecule has 1 heterocycles. The average Bonchev–Trinajstić information content (AvgIpc) is 2.80. The van der Waals surface area contributed by atoms with Gasteiger partial charge in [0.2, 0.25) is 0 Å². The maximum atomic E-state index is 11.8. The quantitative estimate of drug-likeness (QED) is 0.873. The van der Waals surface area contributed by atoms with Crippen LogP contribution in [-0.4, -0.2) is 42.0 Å². The molecular formula is C10H12N4O2S. The molecule has 0 atom stereocenters. The highest BCUT2D eigenvalue weighted by Crippen LogP contribution is 2.16. The predicted molar refractivity (Wildman–Crippen MR) is 62.7 cm³/mol. The molecule has 0 spiro atoms. The van der Waals surface area contributed by atoms with E-state index in [0.717, 1.165) is 9.87 Å². The molecule has 0 saturated heterocycles. The van der Waals surface area contributed by atoms with Crippen molar-refractivity contribution in [3.63, 3.8) is 0 Å². The highest BCUT2D eigenvalue weighted by Gasteiger charge is 2.22. The lowest BCUT2D eigenvalue weighted by Crippen LogP contribution is -2.23. The number of hydrogen-bond donors (Lipinski definition) is 1. The highest BCUT2D eigenvalue weighted by atomic mass is 32.2. The van der Waals surface area contributed by atoms with Crippen LogP contribution in [0.4, 0.5) is 0 Å². The van der Waals surface area contributed by atoms with Gasteiger partial charge in [0, 0.05) is 19.7 Å². The molecule has 0 aliphatic rings. The Morgan fingerprint density at radius 3 is 2.41 bits per heavy atom. The molecule has 0 fully saturated rings. The van der Waals surface area contributed by atoms with Gasteiger partial charge in [-0.25, -0.2) is 17.8 Å². The zero-order valence-corrected chi connectivity index (χ0v) is 10.3. The van der Waals surface area contributed by atoms with Gasteiger partial charge >= 0.3 is 0 Å². The summed E-state index contributed by atoms with van der Waals surface area (Å²) in [7, 11) is -0.671. The van der Waals surface area contributed by atoms with E-state index >= 15 is 0 Å². The van der Waals surface area contributed by atoms with Crippen LogP contribution in [0, 0.1) is 0 Å². The molecule has 2 rings (SSSR count). The first kappa shape index (κ1) is 11.7. The second-order valence-electron chi connectivity index (χ2n) is 3.62. The van der Waals surface area contributed by atoms with E-state index in [1.165, 1.54) is 14.1 Å². The standard InChI is InChI=1S/C10H12N4O2S/c1-14(2)17(15,16)10-11-9(12-13-10)8-6-4-3-5-7-8/h3-7H,1-2H3,(H,11,12,13). The fourth-order valence-electron chi connectivity index (χ4n) is 1.25. The van der Waals surface area contributed by atoms with E-state index < -0.39 is 10.0 Å². The lowest BCUT2D eigenvalue weighted by molar-refractivity contribution is 0.512. The Balaban J connectivity index is 2.42. The molecule has 6 nitrogen and oxygen atoms in total. The van der Waals surface area contributed by atoms with Gasteiger partial charge in [0.1, 0.15) is 0 Å². The second-order valence-corrected chi connectivity index (χ2v) is 5.68. The number of rotatable bonds is 3. The summed E-state index contributed by atoms with van der Waals surface area (Å²) < 4.78 is 24.6. The van der Waals surface area contributed by atoms with E-state index in [9.17, 15) is 8.42 Å². The molecule has 90 valence electrons. The van der Waals surface area contributed by atoms with Gasteiger partial charge < -0.3 is 0 Å². The number of aromatic nitrogens is 3. The van der Waals surface area contributed by atoms with Crippen molar-refractivity contribution in [1.82, 2.24) is 19.5 Å². The molecule has 1 aromatic heterocycles. The molecule has 0 aliphatic carbocycles. The summed E-state index contributed by atoms with van der Waals surface area (Å²) >= 11 is 0. The number of hydrogen-bond acceptors (Lipinski definition) is 4. The van der Waals surface area contributed by atoms with Gasteiger partial charge in [-0.1, -0.05) is 30.3 Å². The smallest absolute Gasteiger partial charge is 0.248 e. The molecule has 0 amide bonds. The first-order valence-electron chi connectivity index (χ1n) is 4.92. The largest absolute Gasteiger partial charge is 0.277 e. The average molecular weight is 252 g/mol. The molecule has 7 heteroatoms. The van der Waals surface area contributed by atoms with Crippen LogP contribution in [0.15, 0.2) is 35.5 Å². The predicted octanol–water partition coefficient (Wildman–Crippen LogP) is 0.722. The topological polar surface area (TPSA) is 79.0 Å². The zero-order valence-electron chi connectivity index (χ0n) is 9.45. The first-order chi connectivity index (χ1) is 8.01. The molecule has 0 radical (unpaired) electrons. The van der Waals surface area contributed by atoms with Crippen molar-refractivity contribution >= 4 is 10.0 Å². The van der Waals surface area contributed by atoms with E-state index in [2.05, 4.69) is 15.2 Å². The fraction of sp³-hybridized carbons (Fsp3) is 0.200. The van der Waals surface area contributed by atoms with Crippen molar-refractivity contribution in [2.75, 3.05) is 14.1 Å². The monoisotopic (exact) mass is 252 g/mol. The maximum Gasteiger partial charge on any atom is 0.277 e. The molecule has 0 bridgehead atoms. The van der Waals surface area contributed by atoms with Crippen LogP contribution in [0.2, 0.25) is 0 Å². The van der Waals surface area contributed by atoms with E-state index in [4.69, 9.17) is 0 Å². The third-order valence-electron chi connectivity index (χ3n) is 2.22. The van der Waals surface area contributed by atoms with Crippen molar-refractivity contribution in [3.05, 3.63) is 30.3 Å². The van der Waals surface area contributed by atoms with Gasteiger partial charge in [0.05, 0.1) is 0 Å². The Morgan fingerprint density at radius 1 is 1.18 bits per heavy atom. The summed E-state index contributed by atoms with van der Waals surface area (Å²) in [5.41, 5.74) is 0.768. The lowest BCUT2D eigenvalue weighted by Gasteiger charge is -2.06. The molecule has 0 saturated carbocycles. The summed E-state index contributed by atoms with van der Waals surface area (Å²) in [4.78, 5) is 3.98. The van der Waals surface area contributed by atoms with Gasteiger partial charge in [-0.15, -0.1) is 0 Å². The minimum absolute atomic E-state index is 0.152. The number of nitrogens with zero attached hydrogens (tertiary/aromatic N) is 3. The third-order valence-corrected chi connectivity index (χ3v) is 3.85. The summed E-state index contributed by atoms with van der Waals surface area (Å²) in [5.74, 6) is 0.367. The van der Waals surface area contributed by atoms with Crippen LogP contribution in [0.3, 0.4) is 0 Å². The van der Waals surface area contributed by atoms with Crippen molar-refractivity contribution in [2.45, 2.75) is 5.16 Å². The number of nitrogens with one attached hydrogen (secondary N) is 1. The normalized spacial score (nSPS) is 11.9. The third kappa shape index (κ3) is 2.20. The van der Waals surface area contributed by atoms with Gasteiger partial charge in [-0.2, -0.15) is 10.1 Å². The number of benzene rings is 1. The second kappa shape index (κ2) is 4.27. The molecular weight excluding hydrogens is 240 g/mol. The summed E-state index contributed by atoms with van der Waals surface area (Å²) in [5, 5.41) is 6.18. The number of H-pyrrole nitrogens is 1. The van der Waals surface area contributed by atoms with E-state index in [0.29, 0.717) is 5.82 Å². The first-order valence-corrected chi connectivity index (χ1v) is 6.36. The fourth-order valence-corrected chi connectivity index (χ4v) is 1.96. The van der Waals surface area contributed by atoms with E-state index in [1.54, 1.807) is 0 Å².